The van der Waals surface area contributed by atoms with Crippen LogP contribution >= 0.6 is 0 Å². The summed E-state index contributed by atoms with van der Waals surface area (Å²) in [6, 6.07) is 0. The van der Waals surface area contributed by atoms with Crippen molar-refractivity contribution >= 4 is 17.9 Å². The molecule has 280 valence electrons. The maximum absolute atomic E-state index is 13.2. The zero-order valence-corrected chi connectivity index (χ0v) is 28.6. The van der Waals surface area contributed by atoms with Gasteiger partial charge in [0, 0.05) is 19.6 Å². The lowest BCUT2D eigenvalue weighted by atomic mass is 10.1. The Morgan fingerprint density at radius 3 is 1.26 bits per heavy atom. The van der Waals surface area contributed by atoms with E-state index in [-0.39, 0.29) is 6.61 Å². The lowest BCUT2D eigenvalue weighted by Crippen LogP contribution is -2.56. The second-order valence-electron chi connectivity index (χ2n) is 12.6. The van der Waals surface area contributed by atoms with E-state index in [0.29, 0.717) is 27.4 Å². The summed E-state index contributed by atoms with van der Waals surface area (Å²) >= 11 is 0. The number of nitrogens with zero attached hydrogens (tertiary/aromatic N) is 6. The number of esters is 3. The number of hydrogen-bond acceptors (Lipinski definition) is 15. The number of ether oxygens (including phenoxy) is 3. The Hall–Kier alpha value is -4.89. The van der Waals surface area contributed by atoms with Gasteiger partial charge < -0.3 is 29.5 Å². The Labute approximate surface area is 283 Å². The summed E-state index contributed by atoms with van der Waals surface area (Å²) in [6.45, 7) is 2.32. The van der Waals surface area contributed by atoms with Gasteiger partial charge in [-0.05, 0) is 34.6 Å². The van der Waals surface area contributed by atoms with Crippen LogP contribution in [0.25, 0.3) is 0 Å². The van der Waals surface area contributed by atoms with Crippen LogP contribution in [0.2, 0.25) is 0 Å². The Morgan fingerprint density at radius 1 is 0.520 bits per heavy atom. The zero-order valence-electron chi connectivity index (χ0n) is 28.6. The molecule has 0 saturated heterocycles. The monoisotopic (exact) mass is 716 g/mol. The van der Waals surface area contributed by atoms with E-state index in [2.05, 4.69) is 0 Å². The molecule has 2 aromatic rings. The molecule has 0 unspecified atom stereocenters. The van der Waals surface area contributed by atoms with Crippen LogP contribution in [0.5, 0.6) is 0 Å². The highest BCUT2D eigenvalue weighted by Crippen LogP contribution is 2.08. The van der Waals surface area contributed by atoms with E-state index in [9.17, 15) is 53.4 Å². The Morgan fingerprint density at radius 2 is 0.880 bits per heavy atom. The van der Waals surface area contributed by atoms with Gasteiger partial charge in [-0.3, -0.25) is 14.4 Å². The number of aromatic nitrogens is 6. The quantitative estimate of drug-likeness (QED) is 0.0973. The van der Waals surface area contributed by atoms with Gasteiger partial charge in [-0.1, -0.05) is 0 Å². The molecule has 2 heterocycles. The summed E-state index contributed by atoms with van der Waals surface area (Å²) in [7, 11) is 0. The molecule has 0 saturated carbocycles. The molecule has 2 rings (SSSR count). The minimum absolute atomic E-state index is 0.326. The number of rotatable bonds is 18. The van der Waals surface area contributed by atoms with Crippen LogP contribution in [0.15, 0.2) is 28.8 Å². The molecule has 0 amide bonds. The van der Waals surface area contributed by atoms with E-state index in [1.165, 1.54) is 13.8 Å². The van der Waals surface area contributed by atoms with Gasteiger partial charge >= 0.3 is 52.0 Å². The molecule has 0 aromatic carbocycles. The van der Waals surface area contributed by atoms with E-state index >= 15 is 0 Å². The fraction of sp³-hybridized carbons (Fsp3) is 0.690. The maximum atomic E-state index is 13.2. The topological polar surface area (TPSA) is 272 Å². The second kappa shape index (κ2) is 17.7. The fourth-order valence-corrected chi connectivity index (χ4v) is 4.50. The van der Waals surface area contributed by atoms with E-state index in [1.54, 1.807) is 20.8 Å². The van der Waals surface area contributed by atoms with Gasteiger partial charge in [0.1, 0.15) is 18.8 Å². The van der Waals surface area contributed by atoms with Crippen molar-refractivity contribution in [2.45, 2.75) is 104 Å². The van der Waals surface area contributed by atoms with Gasteiger partial charge in [0.25, 0.3) is 0 Å². The first-order valence-electron chi connectivity index (χ1n) is 15.6. The third-order valence-electron chi connectivity index (χ3n) is 6.61. The van der Waals surface area contributed by atoms with Gasteiger partial charge in [0.05, 0.1) is 57.7 Å². The molecule has 0 aliphatic heterocycles. The fourth-order valence-electron chi connectivity index (χ4n) is 4.50. The summed E-state index contributed by atoms with van der Waals surface area (Å²) in [6.07, 6.45) is -1.56. The van der Waals surface area contributed by atoms with Gasteiger partial charge in [-0.15, -0.1) is 0 Å². The normalized spacial score (nSPS) is 11.8. The van der Waals surface area contributed by atoms with Crippen molar-refractivity contribution < 1.29 is 43.9 Å². The van der Waals surface area contributed by atoms with Crippen LogP contribution in [0.3, 0.4) is 0 Å². The third-order valence-corrected chi connectivity index (χ3v) is 6.61. The zero-order chi connectivity index (χ0) is 38.0. The second-order valence-corrected chi connectivity index (χ2v) is 12.6. The van der Waals surface area contributed by atoms with Gasteiger partial charge in [0.2, 0.25) is 0 Å². The number of aliphatic hydroxyl groups is 3. The summed E-state index contributed by atoms with van der Waals surface area (Å²) in [5.41, 5.74) is -9.15. The summed E-state index contributed by atoms with van der Waals surface area (Å²) in [4.78, 5) is 115. The van der Waals surface area contributed by atoms with E-state index < -0.39 is 142 Å². The van der Waals surface area contributed by atoms with Crippen molar-refractivity contribution in [1.82, 2.24) is 27.4 Å². The Kier molecular flexibility index (Phi) is 14.6. The molecule has 0 bridgehead atoms. The van der Waals surface area contributed by atoms with Crippen LogP contribution in [0, 0.1) is 0 Å². The smallest absolute Gasteiger partial charge is 0.336 e. The molecule has 0 spiro atoms. The highest BCUT2D eigenvalue weighted by atomic mass is 16.6. The SMILES string of the molecule is CC(C)(O)Cn1c(=O)n(CCO)c(=O)n(CCOC(=O)CCn2c(=O)n(CCC(=O)OCCO)c(=O)n(CCC(=O)OC(C)(C)C)c2=O)c1=O. The van der Waals surface area contributed by atoms with Crippen LogP contribution < -0.4 is 34.1 Å². The minimum Gasteiger partial charge on any atom is -0.464 e. The molecular weight excluding hydrogens is 672 g/mol. The molecule has 0 aliphatic rings. The van der Waals surface area contributed by atoms with Crippen molar-refractivity contribution in [2.75, 3.05) is 26.4 Å². The Balaban J connectivity index is 2.32. The van der Waals surface area contributed by atoms with E-state index in [1.807, 2.05) is 0 Å². The maximum Gasteiger partial charge on any atom is 0.336 e. The third kappa shape index (κ3) is 11.6. The highest BCUT2D eigenvalue weighted by molar-refractivity contribution is 5.70. The average molecular weight is 717 g/mol. The standard InChI is InChI=1S/C29H44N6O15/c1-28(2,3)50-21(40)8-11-32-23(42)30(22(41)31(24(32)43)10-7-20(39)49-17-15-37)9-6-19(38)48-16-13-34-25(44)33(12-14-36)26(45)35(27(34)46)18-29(4,5)47/h36-37,47H,6-18H2,1-5H3. The first-order chi connectivity index (χ1) is 23.2. The molecule has 0 aliphatic carbocycles. The van der Waals surface area contributed by atoms with E-state index in [0.717, 1.165) is 0 Å². The average Bonchev–Trinajstić information content (AvgIpc) is 3.00. The van der Waals surface area contributed by atoms with Gasteiger partial charge in [-0.25, -0.2) is 56.2 Å². The summed E-state index contributed by atoms with van der Waals surface area (Å²) in [5.74, 6) is -2.61. The molecule has 0 atom stereocenters. The molecule has 21 heteroatoms. The largest absolute Gasteiger partial charge is 0.464 e. The van der Waals surface area contributed by atoms with Crippen molar-refractivity contribution in [3.8, 4) is 0 Å². The van der Waals surface area contributed by atoms with Crippen LogP contribution in [0.1, 0.15) is 53.9 Å². The lowest BCUT2D eigenvalue weighted by molar-refractivity contribution is -0.155. The molecule has 0 radical (unpaired) electrons. The van der Waals surface area contributed by atoms with Crippen LogP contribution in [-0.2, 0) is 67.9 Å². The van der Waals surface area contributed by atoms with Gasteiger partial charge in [0.15, 0.2) is 0 Å². The predicted molar refractivity (Wildman–Crippen MR) is 171 cm³/mol. The summed E-state index contributed by atoms with van der Waals surface area (Å²) < 4.78 is 18.4. The van der Waals surface area contributed by atoms with Crippen molar-refractivity contribution in [3.05, 3.63) is 62.9 Å². The number of carbonyl (C=O) groups excluding carboxylic acids is 3. The van der Waals surface area contributed by atoms with Gasteiger partial charge in [-0.2, -0.15) is 0 Å². The first-order valence-corrected chi connectivity index (χ1v) is 15.6. The number of carbonyl (C=O) groups is 3. The van der Waals surface area contributed by atoms with E-state index in [4.69, 9.17) is 19.3 Å². The molecule has 50 heavy (non-hydrogen) atoms. The highest BCUT2D eigenvalue weighted by Gasteiger charge is 2.23. The first kappa shape index (κ1) is 41.3. The van der Waals surface area contributed by atoms with Crippen molar-refractivity contribution in [3.63, 3.8) is 0 Å². The van der Waals surface area contributed by atoms with Crippen LogP contribution in [0.4, 0.5) is 0 Å². The molecule has 3 N–H and O–H groups in total. The molecule has 21 nitrogen and oxygen atoms in total. The number of aliphatic hydroxyl groups excluding tert-OH is 2. The lowest BCUT2D eigenvalue weighted by Gasteiger charge is -2.20. The van der Waals surface area contributed by atoms with Crippen molar-refractivity contribution in [2.24, 2.45) is 0 Å². The summed E-state index contributed by atoms with van der Waals surface area (Å²) in [5, 5.41) is 28.3. The van der Waals surface area contributed by atoms with Crippen LogP contribution in [-0.4, -0.2) is 98.3 Å². The predicted octanol–water partition coefficient (Wildman–Crippen LogP) is -4.29. The molecule has 2 aromatic heterocycles. The Bertz CT molecular complexity index is 1900. The number of hydrogen-bond donors (Lipinski definition) is 3. The molecular formula is C29H44N6O15. The minimum atomic E-state index is -1.53. The van der Waals surface area contributed by atoms with Crippen molar-refractivity contribution in [1.29, 1.82) is 0 Å². The molecule has 0 fully saturated rings.